The van der Waals surface area contributed by atoms with Gasteiger partial charge in [-0.15, -0.1) is 0 Å². The summed E-state index contributed by atoms with van der Waals surface area (Å²) in [6, 6.07) is 0. The van der Waals surface area contributed by atoms with Crippen LogP contribution in [0, 0.1) is 0 Å². The molecule has 0 bridgehead atoms. The zero-order valence-electron chi connectivity index (χ0n) is 14.1. The SMILES string of the molecule is O=S1(=O)CC2(N3CCCCC3)CCCCCCCCCCC21. The Balaban J connectivity index is 1.77. The summed E-state index contributed by atoms with van der Waals surface area (Å²) in [4.78, 5) is 2.59. The van der Waals surface area contributed by atoms with Crippen molar-refractivity contribution in [1.29, 1.82) is 0 Å². The van der Waals surface area contributed by atoms with Gasteiger partial charge >= 0.3 is 0 Å². The van der Waals surface area contributed by atoms with Gasteiger partial charge in [0.2, 0.25) is 0 Å². The van der Waals surface area contributed by atoms with Gasteiger partial charge in [-0.05, 0) is 38.8 Å². The standard InChI is InChI=1S/C18H33NO2S/c20-22(21)16-18(19-14-10-7-11-15-19)13-9-6-4-2-1-3-5-8-12-17(18)22/h17H,1-16H2. The normalized spacial score (nSPS) is 38.1. The summed E-state index contributed by atoms with van der Waals surface area (Å²) in [5, 5.41) is -0.0578. The monoisotopic (exact) mass is 327 g/mol. The number of piperidine rings is 1. The van der Waals surface area contributed by atoms with Crippen LogP contribution < -0.4 is 0 Å². The minimum absolute atomic E-state index is 0.0124. The molecule has 2 saturated heterocycles. The fourth-order valence-corrected chi connectivity index (χ4v) is 7.75. The molecule has 0 aromatic carbocycles. The molecule has 2 heterocycles. The highest BCUT2D eigenvalue weighted by atomic mass is 32.2. The van der Waals surface area contributed by atoms with Crippen LogP contribution in [0.25, 0.3) is 0 Å². The fraction of sp³-hybridized carbons (Fsp3) is 1.00. The minimum Gasteiger partial charge on any atom is -0.295 e. The molecule has 3 fully saturated rings. The first-order valence-corrected chi connectivity index (χ1v) is 11.3. The van der Waals surface area contributed by atoms with Gasteiger partial charge in [-0.25, -0.2) is 8.42 Å². The zero-order valence-corrected chi connectivity index (χ0v) is 14.9. The topological polar surface area (TPSA) is 37.4 Å². The number of nitrogens with zero attached hydrogens (tertiary/aromatic N) is 1. The smallest absolute Gasteiger partial charge is 0.156 e. The molecule has 2 atom stereocenters. The molecule has 3 rings (SSSR count). The maximum Gasteiger partial charge on any atom is 0.156 e. The van der Waals surface area contributed by atoms with Crippen molar-refractivity contribution in [3.63, 3.8) is 0 Å². The molecule has 2 unspecified atom stereocenters. The Labute approximate surface area is 136 Å². The number of rotatable bonds is 1. The van der Waals surface area contributed by atoms with Gasteiger partial charge in [-0.2, -0.15) is 0 Å². The summed E-state index contributed by atoms with van der Waals surface area (Å²) in [6.07, 6.45) is 16.1. The highest BCUT2D eigenvalue weighted by Crippen LogP contribution is 2.45. The van der Waals surface area contributed by atoms with Crippen molar-refractivity contribution in [2.24, 2.45) is 0 Å². The van der Waals surface area contributed by atoms with E-state index in [1.165, 1.54) is 64.2 Å². The molecule has 0 amide bonds. The third-order valence-electron chi connectivity index (χ3n) is 6.30. The van der Waals surface area contributed by atoms with Crippen molar-refractivity contribution in [2.45, 2.75) is 94.3 Å². The summed E-state index contributed by atoms with van der Waals surface area (Å²) in [6.45, 7) is 2.26. The molecule has 0 N–H and O–H groups in total. The molecule has 4 heteroatoms. The summed E-state index contributed by atoms with van der Waals surface area (Å²) in [5.74, 6) is 0.449. The van der Waals surface area contributed by atoms with Gasteiger partial charge in [-0.1, -0.05) is 57.8 Å². The molecule has 0 aromatic heterocycles. The molecule has 3 nitrogen and oxygen atoms in total. The van der Waals surface area contributed by atoms with E-state index < -0.39 is 9.84 Å². The van der Waals surface area contributed by atoms with Crippen LogP contribution in [0.15, 0.2) is 0 Å². The third-order valence-corrected chi connectivity index (χ3v) is 8.74. The van der Waals surface area contributed by atoms with Crippen LogP contribution in [-0.2, 0) is 9.84 Å². The highest BCUT2D eigenvalue weighted by molar-refractivity contribution is 7.93. The molecule has 128 valence electrons. The second-order valence-electron chi connectivity index (χ2n) is 7.81. The van der Waals surface area contributed by atoms with E-state index in [9.17, 15) is 8.42 Å². The first kappa shape index (κ1) is 16.8. The van der Waals surface area contributed by atoms with E-state index in [1.807, 2.05) is 0 Å². The van der Waals surface area contributed by atoms with Gasteiger partial charge in [0.1, 0.15) is 0 Å². The number of sulfone groups is 1. The second-order valence-corrected chi connectivity index (χ2v) is 10.00. The van der Waals surface area contributed by atoms with Gasteiger partial charge in [-0.3, -0.25) is 4.90 Å². The fourth-order valence-electron chi connectivity index (χ4n) is 5.07. The van der Waals surface area contributed by atoms with Gasteiger partial charge in [0.25, 0.3) is 0 Å². The van der Waals surface area contributed by atoms with Gasteiger partial charge in [0.05, 0.1) is 16.5 Å². The Hall–Kier alpha value is -0.0900. The van der Waals surface area contributed by atoms with Crippen LogP contribution in [0.3, 0.4) is 0 Å². The molecular weight excluding hydrogens is 294 g/mol. The van der Waals surface area contributed by atoms with E-state index in [4.69, 9.17) is 0 Å². The number of likely N-dealkylation sites (tertiary alicyclic amines) is 1. The molecule has 2 aliphatic heterocycles. The van der Waals surface area contributed by atoms with Crippen LogP contribution in [0.2, 0.25) is 0 Å². The van der Waals surface area contributed by atoms with Crippen molar-refractivity contribution >= 4 is 9.84 Å². The lowest BCUT2D eigenvalue weighted by Gasteiger charge is -2.56. The number of hydrogen-bond acceptors (Lipinski definition) is 3. The summed E-state index contributed by atoms with van der Waals surface area (Å²) in [7, 11) is -2.82. The van der Waals surface area contributed by atoms with E-state index in [2.05, 4.69) is 4.90 Å². The molecule has 1 saturated carbocycles. The molecule has 0 aromatic rings. The van der Waals surface area contributed by atoms with E-state index >= 15 is 0 Å². The Morgan fingerprint density at radius 3 is 1.91 bits per heavy atom. The molecule has 1 aliphatic carbocycles. The first-order valence-electron chi connectivity index (χ1n) is 9.62. The van der Waals surface area contributed by atoms with Crippen LogP contribution in [0.4, 0.5) is 0 Å². The van der Waals surface area contributed by atoms with Crippen molar-refractivity contribution in [3.05, 3.63) is 0 Å². The second kappa shape index (κ2) is 7.21. The molecular formula is C18H33NO2S. The quantitative estimate of drug-likeness (QED) is 0.732. The molecule has 0 radical (unpaired) electrons. The summed E-state index contributed by atoms with van der Waals surface area (Å²) in [5.41, 5.74) is 0.0124. The van der Waals surface area contributed by atoms with Crippen molar-refractivity contribution in [2.75, 3.05) is 18.8 Å². The Morgan fingerprint density at radius 2 is 1.27 bits per heavy atom. The molecule has 22 heavy (non-hydrogen) atoms. The lowest BCUT2D eigenvalue weighted by atomic mass is 9.82. The van der Waals surface area contributed by atoms with E-state index in [0.29, 0.717) is 5.75 Å². The summed E-state index contributed by atoms with van der Waals surface area (Å²) < 4.78 is 25.0. The first-order chi connectivity index (χ1) is 10.7. The largest absolute Gasteiger partial charge is 0.295 e. The average molecular weight is 328 g/mol. The van der Waals surface area contributed by atoms with E-state index in [-0.39, 0.29) is 10.8 Å². The maximum absolute atomic E-state index is 12.5. The van der Waals surface area contributed by atoms with Crippen LogP contribution >= 0.6 is 0 Å². The third kappa shape index (κ3) is 3.38. The van der Waals surface area contributed by atoms with Crippen molar-refractivity contribution in [3.8, 4) is 0 Å². The van der Waals surface area contributed by atoms with Crippen molar-refractivity contribution < 1.29 is 8.42 Å². The van der Waals surface area contributed by atoms with Crippen molar-refractivity contribution in [1.82, 2.24) is 4.90 Å². The lowest BCUT2D eigenvalue weighted by molar-refractivity contribution is 0.0506. The maximum atomic E-state index is 12.5. The lowest BCUT2D eigenvalue weighted by Crippen LogP contribution is -2.72. The van der Waals surface area contributed by atoms with Gasteiger partial charge in [0, 0.05) is 0 Å². The average Bonchev–Trinajstić information content (AvgIpc) is 2.50. The summed E-state index contributed by atoms with van der Waals surface area (Å²) >= 11 is 0. The van der Waals surface area contributed by atoms with E-state index in [0.717, 1.165) is 32.4 Å². The van der Waals surface area contributed by atoms with E-state index in [1.54, 1.807) is 0 Å². The molecule has 3 aliphatic rings. The van der Waals surface area contributed by atoms with Crippen LogP contribution in [0.1, 0.15) is 83.5 Å². The zero-order chi connectivity index (χ0) is 15.5. The Bertz CT molecular complexity index is 456. The Kier molecular flexibility index (Phi) is 5.49. The highest BCUT2D eigenvalue weighted by Gasteiger charge is 2.60. The predicted molar refractivity (Wildman–Crippen MR) is 91.9 cm³/mol. The minimum atomic E-state index is -2.82. The number of hydrogen-bond donors (Lipinski definition) is 0. The van der Waals surface area contributed by atoms with Crippen LogP contribution in [-0.4, -0.2) is 42.9 Å². The van der Waals surface area contributed by atoms with Gasteiger partial charge in [0.15, 0.2) is 9.84 Å². The molecule has 0 spiro atoms. The Morgan fingerprint density at radius 1 is 0.727 bits per heavy atom. The van der Waals surface area contributed by atoms with Crippen LogP contribution in [0.5, 0.6) is 0 Å². The van der Waals surface area contributed by atoms with Gasteiger partial charge < -0.3 is 0 Å². The predicted octanol–water partition coefficient (Wildman–Crippen LogP) is 3.92. The number of fused-ring (bicyclic) bond motifs is 1.